The van der Waals surface area contributed by atoms with E-state index in [4.69, 9.17) is 4.74 Å². The first-order valence-corrected chi connectivity index (χ1v) is 10.4. The van der Waals surface area contributed by atoms with E-state index in [0.29, 0.717) is 26.0 Å². The fourth-order valence-electron chi connectivity index (χ4n) is 2.57. The molecule has 0 aromatic heterocycles. The summed E-state index contributed by atoms with van der Waals surface area (Å²) in [7, 11) is -3.45. The van der Waals surface area contributed by atoms with E-state index in [1.807, 2.05) is 31.2 Å². The maximum absolute atomic E-state index is 12.4. The van der Waals surface area contributed by atoms with Crippen LogP contribution in [0.25, 0.3) is 0 Å². The molecule has 0 unspecified atom stereocenters. The molecular formula is C20H25NO4S. The Hall–Kier alpha value is -2.34. The number of carbonyl (C=O) groups is 1. The number of nitrogens with one attached hydrogen (secondary N) is 1. The van der Waals surface area contributed by atoms with E-state index in [1.54, 1.807) is 25.1 Å². The Labute approximate surface area is 155 Å². The Morgan fingerprint density at radius 3 is 2.62 bits per heavy atom. The third-order valence-corrected chi connectivity index (χ3v) is 5.78. The van der Waals surface area contributed by atoms with Gasteiger partial charge in [-0.2, -0.15) is 0 Å². The van der Waals surface area contributed by atoms with Crippen molar-refractivity contribution in [3.8, 4) is 5.75 Å². The lowest BCUT2D eigenvalue weighted by molar-refractivity contribution is 0.0948. The maximum Gasteiger partial charge on any atom is 0.252 e. The SMILES string of the molecule is CCCS(=O)(=O)c1ccccc1C(=O)NCCCOc1cccc(C)c1. The number of aryl methyl sites for hydroxylation is 1. The van der Waals surface area contributed by atoms with Gasteiger partial charge in [0.05, 0.1) is 22.8 Å². The zero-order valence-corrected chi connectivity index (χ0v) is 16.0. The summed E-state index contributed by atoms with van der Waals surface area (Å²) < 4.78 is 30.3. The number of rotatable bonds is 9. The fourth-order valence-corrected chi connectivity index (χ4v) is 4.11. The summed E-state index contributed by atoms with van der Waals surface area (Å²) in [6, 6.07) is 14.1. The normalized spacial score (nSPS) is 11.2. The van der Waals surface area contributed by atoms with Crippen LogP contribution in [0.1, 0.15) is 35.7 Å². The third kappa shape index (κ3) is 5.59. The zero-order valence-electron chi connectivity index (χ0n) is 15.2. The highest BCUT2D eigenvalue weighted by Crippen LogP contribution is 2.18. The average molecular weight is 375 g/mol. The van der Waals surface area contributed by atoms with Crippen LogP contribution in [0.15, 0.2) is 53.4 Å². The van der Waals surface area contributed by atoms with Gasteiger partial charge >= 0.3 is 0 Å². The smallest absolute Gasteiger partial charge is 0.252 e. The van der Waals surface area contributed by atoms with Gasteiger partial charge in [0.15, 0.2) is 9.84 Å². The number of hydrogen-bond acceptors (Lipinski definition) is 4. The fraction of sp³-hybridized carbons (Fsp3) is 0.350. The Balaban J connectivity index is 1.89. The monoisotopic (exact) mass is 375 g/mol. The molecule has 0 radical (unpaired) electrons. The molecule has 140 valence electrons. The molecule has 1 amide bonds. The van der Waals surface area contributed by atoms with Gasteiger partial charge < -0.3 is 10.1 Å². The lowest BCUT2D eigenvalue weighted by Gasteiger charge is -2.11. The Kier molecular flexibility index (Phi) is 7.21. The van der Waals surface area contributed by atoms with E-state index in [-0.39, 0.29) is 22.1 Å². The van der Waals surface area contributed by atoms with Crippen LogP contribution in [0, 0.1) is 6.92 Å². The van der Waals surface area contributed by atoms with Gasteiger partial charge in [-0.05, 0) is 49.6 Å². The number of hydrogen-bond donors (Lipinski definition) is 1. The highest BCUT2D eigenvalue weighted by atomic mass is 32.2. The van der Waals surface area contributed by atoms with Gasteiger partial charge in [-0.15, -0.1) is 0 Å². The Bertz CT molecular complexity index is 846. The van der Waals surface area contributed by atoms with Crippen molar-refractivity contribution in [3.05, 3.63) is 59.7 Å². The molecule has 0 saturated heterocycles. The summed E-state index contributed by atoms with van der Waals surface area (Å²) in [5.74, 6) is 0.449. The van der Waals surface area contributed by atoms with Crippen LogP contribution in [0.3, 0.4) is 0 Å². The van der Waals surface area contributed by atoms with Crippen molar-refractivity contribution in [2.24, 2.45) is 0 Å². The van der Waals surface area contributed by atoms with Crippen LogP contribution in [-0.4, -0.2) is 33.2 Å². The Morgan fingerprint density at radius 2 is 1.88 bits per heavy atom. The van der Waals surface area contributed by atoms with Crippen molar-refractivity contribution < 1.29 is 17.9 Å². The molecule has 0 heterocycles. The van der Waals surface area contributed by atoms with Crippen molar-refractivity contribution in [3.63, 3.8) is 0 Å². The second-order valence-electron chi connectivity index (χ2n) is 6.09. The van der Waals surface area contributed by atoms with E-state index >= 15 is 0 Å². The van der Waals surface area contributed by atoms with Gasteiger partial charge in [0, 0.05) is 6.54 Å². The average Bonchev–Trinajstić information content (AvgIpc) is 2.61. The van der Waals surface area contributed by atoms with Crippen LogP contribution in [0.2, 0.25) is 0 Å². The second kappa shape index (κ2) is 9.38. The van der Waals surface area contributed by atoms with Gasteiger partial charge in [-0.25, -0.2) is 8.42 Å². The molecular weight excluding hydrogens is 350 g/mol. The molecule has 2 aromatic carbocycles. The standard InChI is InChI=1S/C20H25NO4S/c1-3-14-26(23,24)19-11-5-4-10-18(19)20(22)21-12-7-13-25-17-9-6-8-16(2)15-17/h4-6,8-11,15H,3,7,12-14H2,1-2H3,(H,21,22). The highest BCUT2D eigenvalue weighted by molar-refractivity contribution is 7.91. The largest absolute Gasteiger partial charge is 0.494 e. The third-order valence-electron chi connectivity index (χ3n) is 3.80. The van der Waals surface area contributed by atoms with Crippen LogP contribution in [-0.2, 0) is 9.84 Å². The highest BCUT2D eigenvalue weighted by Gasteiger charge is 2.21. The number of ether oxygens (including phenoxy) is 1. The molecule has 0 bridgehead atoms. The summed E-state index contributed by atoms with van der Waals surface area (Å²) in [6.45, 7) is 4.68. The minimum atomic E-state index is -3.45. The Morgan fingerprint density at radius 1 is 1.12 bits per heavy atom. The summed E-state index contributed by atoms with van der Waals surface area (Å²) in [5.41, 5.74) is 1.32. The van der Waals surface area contributed by atoms with Crippen molar-refractivity contribution in [1.82, 2.24) is 5.32 Å². The van der Waals surface area contributed by atoms with Crippen molar-refractivity contribution >= 4 is 15.7 Å². The molecule has 0 aliphatic rings. The topological polar surface area (TPSA) is 72.5 Å². The lowest BCUT2D eigenvalue weighted by atomic mass is 10.2. The van der Waals surface area contributed by atoms with Crippen LogP contribution < -0.4 is 10.1 Å². The van der Waals surface area contributed by atoms with E-state index in [9.17, 15) is 13.2 Å². The predicted molar refractivity (Wildman–Crippen MR) is 102 cm³/mol. The predicted octanol–water partition coefficient (Wildman–Crippen LogP) is 3.38. The van der Waals surface area contributed by atoms with E-state index < -0.39 is 9.84 Å². The van der Waals surface area contributed by atoms with Crippen molar-refractivity contribution in [1.29, 1.82) is 0 Å². The lowest BCUT2D eigenvalue weighted by Crippen LogP contribution is -2.27. The van der Waals surface area contributed by atoms with Crippen LogP contribution >= 0.6 is 0 Å². The molecule has 2 rings (SSSR count). The number of sulfone groups is 1. The van der Waals surface area contributed by atoms with Crippen molar-refractivity contribution in [2.75, 3.05) is 18.9 Å². The van der Waals surface area contributed by atoms with E-state index in [0.717, 1.165) is 11.3 Å². The van der Waals surface area contributed by atoms with Gasteiger partial charge in [0.1, 0.15) is 5.75 Å². The number of amides is 1. The molecule has 26 heavy (non-hydrogen) atoms. The molecule has 6 heteroatoms. The molecule has 5 nitrogen and oxygen atoms in total. The number of benzene rings is 2. The molecule has 0 aliphatic heterocycles. The molecule has 0 saturated carbocycles. The van der Waals surface area contributed by atoms with E-state index in [2.05, 4.69) is 5.32 Å². The van der Waals surface area contributed by atoms with Crippen molar-refractivity contribution in [2.45, 2.75) is 31.6 Å². The molecule has 0 aliphatic carbocycles. The summed E-state index contributed by atoms with van der Waals surface area (Å²) in [5, 5.41) is 2.77. The zero-order chi connectivity index (χ0) is 19.0. The van der Waals surface area contributed by atoms with Crippen LogP contribution in [0.4, 0.5) is 0 Å². The summed E-state index contributed by atoms with van der Waals surface area (Å²) in [4.78, 5) is 12.5. The molecule has 0 fully saturated rings. The summed E-state index contributed by atoms with van der Waals surface area (Å²) >= 11 is 0. The molecule has 0 atom stereocenters. The van der Waals surface area contributed by atoms with E-state index in [1.165, 1.54) is 6.07 Å². The van der Waals surface area contributed by atoms with Gasteiger partial charge in [0.2, 0.25) is 0 Å². The first-order valence-electron chi connectivity index (χ1n) is 8.73. The quantitative estimate of drug-likeness (QED) is 0.682. The summed E-state index contributed by atoms with van der Waals surface area (Å²) in [6.07, 6.45) is 1.14. The first-order chi connectivity index (χ1) is 12.4. The van der Waals surface area contributed by atoms with Gasteiger partial charge in [-0.3, -0.25) is 4.79 Å². The first kappa shape index (κ1) is 20.0. The van der Waals surface area contributed by atoms with Crippen LogP contribution in [0.5, 0.6) is 5.75 Å². The molecule has 1 N–H and O–H groups in total. The molecule has 2 aromatic rings. The minimum absolute atomic E-state index is 0.0294. The molecule has 0 spiro atoms. The van der Waals surface area contributed by atoms with Gasteiger partial charge in [0.25, 0.3) is 5.91 Å². The second-order valence-corrected chi connectivity index (χ2v) is 8.17. The number of carbonyl (C=O) groups excluding carboxylic acids is 1. The van der Waals surface area contributed by atoms with Gasteiger partial charge in [-0.1, -0.05) is 31.2 Å². The maximum atomic E-state index is 12.4. The minimum Gasteiger partial charge on any atom is -0.494 e.